The Bertz CT molecular complexity index is 240. The van der Waals surface area contributed by atoms with E-state index in [4.69, 9.17) is 5.11 Å². The Morgan fingerprint density at radius 1 is 1.64 bits per heavy atom. The van der Waals surface area contributed by atoms with Gasteiger partial charge >= 0.3 is 0 Å². The SMILES string of the molecule is Oc1cnn(CC2CCC2)c1. The number of hydrogen-bond donors (Lipinski definition) is 1. The summed E-state index contributed by atoms with van der Waals surface area (Å²) in [7, 11) is 0. The lowest BCUT2D eigenvalue weighted by atomic mass is 9.85. The molecule has 1 saturated carbocycles. The minimum Gasteiger partial charge on any atom is -0.505 e. The molecule has 2 rings (SSSR count). The van der Waals surface area contributed by atoms with E-state index >= 15 is 0 Å². The number of aromatic nitrogens is 2. The molecule has 60 valence electrons. The molecule has 0 radical (unpaired) electrons. The molecule has 0 aromatic carbocycles. The van der Waals surface area contributed by atoms with Gasteiger partial charge in [-0.3, -0.25) is 4.68 Å². The largest absolute Gasteiger partial charge is 0.505 e. The van der Waals surface area contributed by atoms with Crippen LogP contribution in [-0.2, 0) is 6.54 Å². The van der Waals surface area contributed by atoms with Crippen LogP contribution in [-0.4, -0.2) is 14.9 Å². The summed E-state index contributed by atoms with van der Waals surface area (Å²) in [5.41, 5.74) is 0. The molecule has 1 N–H and O–H groups in total. The Morgan fingerprint density at radius 2 is 2.45 bits per heavy atom. The van der Waals surface area contributed by atoms with Gasteiger partial charge in [-0.25, -0.2) is 0 Å². The smallest absolute Gasteiger partial charge is 0.153 e. The van der Waals surface area contributed by atoms with Crippen LogP contribution in [0.5, 0.6) is 5.75 Å². The zero-order valence-corrected chi connectivity index (χ0v) is 6.40. The molecule has 3 heteroatoms. The molecule has 1 aromatic heterocycles. The first kappa shape index (κ1) is 6.70. The third kappa shape index (κ3) is 1.37. The Balaban J connectivity index is 1.95. The summed E-state index contributed by atoms with van der Waals surface area (Å²) < 4.78 is 1.82. The van der Waals surface area contributed by atoms with Gasteiger partial charge in [0.25, 0.3) is 0 Å². The summed E-state index contributed by atoms with van der Waals surface area (Å²) in [6.45, 7) is 0.973. The molecule has 0 saturated heterocycles. The molecule has 0 bridgehead atoms. The van der Waals surface area contributed by atoms with Crippen LogP contribution >= 0.6 is 0 Å². The minimum absolute atomic E-state index is 0.268. The van der Waals surface area contributed by atoms with Crippen LogP contribution in [0.4, 0.5) is 0 Å². The quantitative estimate of drug-likeness (QED) is 0.695. The van der Waals surface area contributed by atoms with E-state index in [1.807, 2.05) is 4.68 Å². The summed E-state index contributed by atoms with van der Waals surface area (Å²) >= 11 is 0. The molecule has 1 aromatic rings. The Hall–Kier alpha value is -0.990. The summed E-state index contributed by atoms with van der Waals surface area (Å²) in [5, 5.41) is 13.0. The maximum atomic E-state index is 8.97. The van der Waals surface area contributed by atoms with Crippen LogP contribution < -0.4 is 0 Å². The normalized spacial score (nSPS) is 18.2. The highest BCUT2D eigenvalue weighted by Crippen LogP contribution is 2.27. The average Bonchev–Trinajstić information content (AvgIpc) is 2.27. The van der Waals surface area contributed by atoms with E-state index in [1.54, 1.807) is 6.20 Å². The molecule has 0 spiro atoms. The molecule has 3 nitrogen and oxygen atoms in total. The van der Waals surface area contributed by atoms with Crippen LogP contribution in [0, 0.1) is 5.92 Å². The lowest BCUT2D eigenvalue weighted by molar-refractivity contribution is 0.266. The number of nitrogens with zero attached hydrogens (tertiary/aromatic N) is 2. The molecule has 1 aliphatic carbocycles. The number of rotatable bonds is 2. The van der Waals surface area contributed by atoms with Crippen molar-refractivity contribution >= 4 is 0 Å². The fourth-order valence-electron chi connectivity index (χ4n) is 1.39. The van der Waals surface area contributed by atoms with E-state index < -0.39 is 0 Å². The van der Waals surface area contributed by atoms with Crippen LogP contribution in [0.3, 0.4) is 0 Å². The molecular formula is C8H12N2O. The lowest BCUT2D eigenvalue weighted by Gasteiger charge is -2.24. The average molecular weight is 152 g/mol. The third-order valence-electron chi connectivity index (χ3n) is 2.29. The van der Waals surface area contributed by atoms with Crippen molar-refractivity contribution < 1.29 is 5.11 Å². The molecular weight excluding hydrogens is 140 g/mol. The van der Waals surface area contributed by atoms with Crippen LogP contribution in [0.15, 0.2) is 12.4 Å². The fraction of sp³-hybridized carbons (Fsp3) is 0.625. The van der Waals surface area contributed by atoms with Gasteiger partial charge in [-0.15, -0.1) is 0 Å². The molecule has 0 unspecified atom stereocenters. The maximum absolute atomic E-state index is 8.97. The molecule has 1 heterocycles. The summed E-state index contributed by atoms with van der Waals surface area (Å²) in [5.74, 6) is 1.07. The number of hydrogen-bond acceptors (Lipinski definition) is 2. The first-order valence-electron chi connectivity index (χ1n) is 4.06. The Labute approximate surface area is 65.7 Å². The molecule has 1 fully saturated rings. The Kier molecular flexibility index (Phi) is 1.56. The lowest BCUT2D eigenvalue weighted by Crippen LogP contribution is -2.18. The predicted octanol–water partition coefficient (Wildman–Crippen LogP) is 1.39. The van der Waals surface area contributed by atoms with Crippen molar-refractivity contribution in [3.63, 3.8) is 0 Å². The molecule has 0 atom stereocenters. The van der Waals surface area contributed by atoms with Crippen molar-refractivity contribution in [1.82, 2.24) is 9.78 Å². The van der Waals surface area contributed by atoms with Gasteiger partial charge in [0.2, 0.25) is 0 Å². The third-order valence-corrected chi connectivity index (χ3v) is 2.29. The van der Waals surface area contributed by atoms with E-state index in [1.165, 1.54) is 25.5 Å². The van der Waals surface area contributed by atoms with Crippen molar-refractivity contribution in [2.45, 2.75) is 25.8 Å². The van der Waals surface area contributed by atoms with E-state index in [9.17, 15) is 0 Å². The summed E-state index contributed by atoms with van der Waals surface area (Å²) in [4.78, 5) is 0. The highest BCUT2D eigenvalue weighted by molar-refractivity contribution is 5.08. The highest BCUT2D eigenvalue weighted by Gasteiger charge is 2.17. The van der Waals surface area contributed by atoms with Gasteiger partial charge < -0.3 is 5.11 Å². The fourth-order valence-corrected chi connectivity index (χ4v) is 1.39. The second kappa shape index (κ2) is 2.57. The molecule has 1 aliphatic rings. The van der Waals surface area contributed by atoms with Gasteiger partial charge in [-0.2, -0.15) is 5.10 Å². The van der Waals surface area contributed by atoms with Crippen LogP contribution in [0.25, 0.3) is 0 Å². The van der Waals surface area contributed by atoms with Crippen molar-refractivity contribution in [3.05, 3.63) is 12.4 Å². The monoisotopic (exact) mass is 152 g/mol. The van der Waals surface area contributed by atoms with Crippen LogP contribution in [0.2, 0.25) is 0 Å². The Morgan fingerprint density at radius 3 is 2.91 bits per heavy atom. The maximum Gasteiger partial charge on any atom is 0.153 e. The van der Waals surface area contributed by atoms with Crippen molar-refractivity contribution in [2.75, 3.05) is 0 Å². The van der Waals surface area contributed by atoms with Gasteiger partial charge in [-0.1, -0.05) is 6.42 Å². The van der Waals surface area contributed by atoms with Gasteiger partial charge in [0.15, 0.2) is 5.75 Å². The standard InChI is InChI=1S/C8H12N2O/c11-8-4-9-10(6-8)5-7-2-1-3-7/h4,6-7,11H,1-3,5H2. The summed E-state index contributed by atoms with van der Waals surface area (Å²) in [6, 6.07) is 0. The zero-order valence-electron chi connectivity index (χ0n) is 6.40. The topological polar surface area (TPSA) is 38.1 Å². The molecule has 0 amide bonds. The summed E-state index contributed by atoms with van der Waals surface area (Å²) in [6.07, 6.45) is 7.16. The van der Waals surface area contributed by atoms with Crippen molar-refractivity contribution in [1.29, 1.82) is 0 Å². The van der Waals surface area contributed by atoms with E-state index in [2.05, 4.69) is 5.10 Å². The highest BCUT2D eigenvalue weighted by atomic mass is 16.3. The first-order chi connectivity index (χ1) is 5.34. The second-order valence-electron chi connectivity index (χ2n) is 3.22. The van der Waals surface area contributed by atoms with Gasteiger partial charge in [-0.05, 0) is 18.8 Å². The van der Waals surface area contributed by atoms with Crippen LogP contribution in [0.1, 0.15) is 19.3 Å². The van der Waals surface area contributed by atoms with E-state index in [0.29, 0.717) is 0 Å². The van der Waals surface area contributed by atoms with Gasteiger partial charge in [0, 0.05) is 6.54 Å². The minimum atomic E-state index is 0.268. The second-order valence-corrected chi connectivity index (χ2v) is 3.22. The molecule has 11 heavy (non-hydrogen) atoms. The predicted molar refractivity (Wildman–Crippen MR) is 41.2 cm³/mol. The van der Waals surface area contributed by atoms with Crippen molar-refractivity contribution in [3.8, 4) is 5.75 Å². The van der Waals surface area contributed by atoms with E-state index in [-0.39, 0.29) is 5.75 Å². The number of aromatic hydroxyl groups is 1. The van der Waals surface area contributed by atoms with Crippen molar-refractivity contribution in [2.24, 2.45) is 5.92 Å². The molecule has 0 aliphatic heterocycles. The van der Waals surface area contributed by atoms with Gasteiger partial charge in [0.05, 0.1) is 12.4 Å². The van der Waals surface area contributed by atoms with Gasteiger partial charge in [0.1, 0.15) is 0 Å². The first-order valence-corrected chi connectivity index (χ1v) is 4.06. The zero-order chi connectivity index (χ0) is 7.68. The van der Waals surface area contributed by atoms with E-state index in [0.717, 1.165) is 12.5 Å².